The number of hydrogen-bond acceptors (Lipinski definition) is 10. The number of hydrogen-bond donors (Lipinski definition) is 0. The molecule has 4 fully saturated rings. The van der Waals surface area contributed by atoms with Crippen LogP contribution in [0.3, 0.4) is 0 Å². The van der Waals surface area contributed by atoms with Gasteiger partial charge in [-0.25, -0.2) is 0 Å². The van der Waals surface area contributed by atoms with Gasteiger partial charge in [0.05, 0.1) is 46.8 Å². The average molecular weight is 737 g/mol. The Kier molecular flexibility index (Phi) is 8.50. The summed E-state index contributed by atoms with van der Waals surface area (Å²) in [6.45, 7) is 9.57. The molecule has 11 heteroatoms. The first-order valence-electron chi connectivity index (χ1n) is 19.5. The number of rotatable bonds is 8. The van der Waals surface area contributed by atoms with E-state index in [2.05, 4.69) is 75.3 Å². The van der Waals surface area contributed by atoms with Crippen LogP contribution in [0.15, 0.2) is 65.2 Å². The number of fused-ring (bicyclic) bond motifs is 1. The molecular weight excluding hydrogens is 693 g/mol. The minimum Gasteiger partial charge on any atom is -0.371 e. The Morgan fingerprint density at radius 2 is 1.60 bits per heavy atom. The number of nitriles is 1. The van der Waals surface area contributed by atoms with Gasteiger partial charge in [-0.3, -0.25) is 29.0 Å². The fourth-order valence-electron chi connectivity index (χ4n) is 9.30. The van der Waals surface area contributed by atoms with Crippen molar-refractivity contribution in [1.82, 2.24) is 15.0 Å². The number of aromatic nitrogens is 1. The number of likely N-dealkylation sites (tertiary alicyclic amines) is 1. The van der Waals surface area contributed by atoms with Crippen molar-refractivity contribution >= 4 is 40.4 Å². The lowest BCUT2D eigenvalue weighted by molar-refractivity contribution is -0.132. The summed E-state index contributed by atoms with van der Waals surface area (Å²) in [7, 11) is 0. The molecular formula is C44H44N6O5. The van der Waals surface area contributed by atoms with Crippen molar-refractivity contribution in [1.29, 1.82) is 5.26 Å². The van der Waals surface area contributed by atoms with Crippen LogP contribution < -0.4 is 9.80 Å². The fourth-order valence-corrected chi connectivity index (χ4v) is 9.30. The molecule has 55 heavy (non-hydrogen) atoms. The van der Waals surface area contributed by atoms with Crippen LogP contribution >= 0.6 is 0 Å². The van der Waals surface area contributed by atoms with Crippen LogP contribution in [-0.4, -0.2) is 82.6 Å². The van der Waals surface area contributed by atoms with Gasteiger partial charge in [0.2, 0.25) is 0 Å². The SMILES string of the molecule is Cc1ccc(-c2c(C)noc2C)cc1N(c1ccc(C2(C#N)CC2)cc1)C1CN(C2CCN(c3ccc4c(c3)C(=O)N(C3CCC(=O)CC3=O)C4=O)CC2)C1. The molecule has 3 aromatic carbocycles. The van der Waals surface area contributed by atoms with Crippen molar-refractivity contribution in [2.45, 2.75) is 89.3 Å². The number of ketones is 2. The minimum atomic E-state index is -0.867. The molecule has 4 aromatic rings. The molecule has 0 N–H and O–H groups in total. The van der Waals surface area contributed by atoms with Crippen LogP contribution in [0.5, 0.6) is 0 Å². The maximum absolute atomic E-state index is 13.5. The molecule has 2 saturated carbocycles. The maximum atomic E-state index is 13.5. The first-order valence-corrected chi connectivity index (χ1v) is 19.5. The van der Waals surface area contributed by atoms with Gasteiger partial charge in [0.25, 0.3) is 11.8 Å². The van der Waals surface area contributed by atoms with E-state index in [-0.39, 0.29) is 42.3 Å². The lowest BCUT2D eigenvalue weighted by atomic mass is 9.92. The second-order valence-corrected chi connectivity index (χ2v) is 16.1. The van der Waals surface area contributed by atoms with Crippen molar-refractivity contribution in [2.75, 3.05) is 36.0 Å². The van der Waals surface area contributed by atoms with Gasteiger partial charge in [0, 0.05) is 61.3 Å². The Balaban J connectivity index is 0.902. The van der Waals surface area contributed by atoms with Crippen molar-refractivity contribution < 1.29 is 23.7 Å². The highest BCUT2D eigenvalue weighted by atomic mass is 16.5. The molecule has 1 unspecified atom stereocenters. The highest BCUT2D eigenvalue weighted by molar-refractivity contribution is 6.24. The number of aryl methyl sites for hydroxylation is 3. The Labute approximate surface area is 320 Å². The first kappa shape index (κ1) is 35.1. The van der Waals surface area contributed by atoms with Gasteiger partial charge in [-0.2, -0.15) is 5.26 Å². The second kappa shape index (κ2) is 13.3. The normalized spacial score (nSPS) is 21.5. The number of carbonyl (C=O) groups is 4. The molecule has 2 saturated heterocycles. The minimum absolute atomic E-state index is 0.141. The zero-order valence-electron chi connectivity index (χ0n) is 31.5. The number of imide groups is 1. The largest absolute Gasteiger partial charge is 0.371 e. The van der Waals surface area contributed by atoms with E-state index in [1.807, 2.05) is 19.9 Å². The lowest BCUT2D eigenvalue weighted by Crippen LogP contribution is -2.62. The van der Waals surface area contributed by atoms with Crippen LogP contribution in [0.4, 0.5) is 17.1 Å². The van der Waals surface area contributed by atoms with Gasteiger partial charge in [-0.1, -0.05) is 29.4 Å². The van der Waals surface area contributed by atoms with E-state index in [0.29, 0.717) is 17.2 Å². The van der Waals surface area contributed by atoms with E-state index in [1.165, 1.54) is 5.56 Å². The predicted octanol–water partition coefficient (Wildman–Crippen LogP) is 6.60. The Hall–Kier alpha value is -5.60. The van der Waals surface area contributed by atoms with E-state index in [4.69, 9.17) is 4.52 Å². The van der Waals surface area contributed by atoms with E-state index >= 15 is 0 Å². The Bertz CT molecular complexity index is 2270. The van der Waals surface area contributed by atoms with Gasteiger partial charge in [0.15, 0.2) is 5.78 Å². The number of carbonyl (C=O) groups excluding carboxylic acids is 4. The number of amides is 2. The summed E-state index contributed by atoms with van der Waals surface area (Å²) in [6.07, 6.45) is 3.95. The van der Waals surface area contributed by atoms with E-state index < -0.39 is 17.9 Å². The van der Waals surface area contributed by atoms with Gasteiger partial charge >= 0.3 is 0 Å². The summed E-state index contributed by atoms with van der Waals surface area (Å²) in [4.78, 5) is 59.5. The summed E-state index contributed by atoms with van der Waals surface area (Å²) in [6, 6.07) is 23.0. The number of Topliss-reactive ketones (excluding diaryl/α,β-unsaturated/α-hetero) is 2. The molecule has 1 aromatic heterocycles. The van der Waals surface area contributed by atoms with Gasteiger partial charge in [0.1, 0.15) is 11.5 Å². The number of anilines is 3. The molecule has 9 rings (SSSR count). The molecule has 4 heterocycles. The van der Waals surface area contributed by atoms with Crippen molar-refractivity contribution in [2.24, 2.45) is 0 Å². The summed E-state index contributed by atoms with van der Waals surface area (Å²) in [5.74, 6) is -0.593. The van der Waals surface area contributed by atoms with Gasteiger partial charge in [-0.05, 0) is 106 Å². The molecule has 0 spiro atoms. The molecule has 0 bridgehead atoms. The zero-order chi connectivity index (χ0) is 38.2. The van der Waals surface area contributed by atoms with E-state index in [9.17, 15) is 24.4 Å². The van der Waals surface area contributed by atoms with E-state index in [0.717, 1.165) is 102 Å². The van der Waals surface area contributed by atoms with Crippen LogP contribution in [0.1, 0.15) is 88.2 Å². The summed E-state index contributed by atoms with van der Waals surface area (Å²) < 4.78 is 5.53. The molecule has 1 atom stereocenters. The third-order valence-electron chi connectivity index (χ3n) is 12.7. The highest BCUT2D eigenvalue weighted by Gasteiger charge is 2.46. The third-order valence-corrected chi connectivity index (χ3v) is 12.7. The van der Waals surface area contributed by atoms with E-state index in [1.54, 1.807) is 12.1 Å². The predicted molar refractivity (Wildman–Crippen MR) is 206 cm³/mol. The van der Waals surface area contributed by atoms with Crippen LogP contribution in [0.25, 0.3) is 11.1 Å². The number of piperidine rings is 1. The molecule has 3 aliphatic heterocycles. The van der Waals surface area contributed by atoms with Crippen LogP contribution in [0.2, 0.25) is 0 Å². The molecule has 11 nitrogen and oxygen atoms in total. The zero-order valence-corrected chi connectivity index (χ0v) is 31.5. The second-order valence-electron chi connectivity index (χ2n) is 16.1. The molecule has 280 valence electrons. The number of nitrogens with zero attached hydrogens (tertiary/aromatic N) is 6. The quantitative estimate of drug-likeness (QED) is 0.144. The average Bonchev–Trinajstić information content (AvgIpc) is 3.85. The molecule has 2 amide bonds. The van der Waals surface area contributed by atoms with Crippen LogP contribution in [-0.2, 0) is 15.0 Å². The smallest absolute Gasteiger partial charge is 0.262 e. The molecule has 0 radical (unpaired) electrons. The summed E-state index contributed by atoms with van der Waals surface area (Å²) in [5, 5.41) is 14.1. The first-order chi connectivity index (χ1) is 26.5. The lowest BCUT2D eigenvalue weighted by Gasteiger charge is -2.51. The Morgan fingerprint density at radius 1 is 0.873 bits per heavy atom. The van der Waals surface area contributed by atoms with Gasteiger partial charge < -0.3 is 14.3 Å². The topological polar surface area (TPSA) is 131 Å². The monoisotopic (exact) mass is 736 g/mol. The highest BCUT2D eigenvalue weighted by Crippen LogP contribution is 2.48. The molecule has 2 aliphatic carbocycles. The number of benzene rings is 3. The summed E-state index contributed by atoms with van der Waals surface area (Å²) >= 11 is 0. The van der Waals surface area contributed by atoms with Crippen molar-refractivity contribution in [3.8, 4) is 17.2 Å². The molecule has 5 aliphatic rings. The third kappa shape index (κ3) is 5.94. The van der Waals surface area contributed by atoms with Gasteiger partial charge in [-0.15, -0.1) is 0 Å². The van der Waals surface area contributed by atoms with Crippen molar-refractivity contribution in [3.63, 3.8) is 0 Å². The fraction of sp³-hybridized carbons (Fsp3) is 0.409. The van der Waals surface area contributed by atoms with Crippen LogP contribution in [0, 0.1) is 32.1 Å². The standard InChI is InChI=1S/C44H44N6O5/c1-26-4-5-29(41-27(2)46-55-28(41)3)20-39(26)49(32-8-6-30(7-9-32)44(25-45)16-17-44)34-23-48(24-34)31-14-18-47(19-15-31)33-10-12-36-37(21-33)43(54)50(42(36)53)38-13-11-35(51)22-40(38)52/h4-10,12,20-21,31,34,38H,11,13-19,22-24H2,1-3H3. The summed E-state index contributed by atoms with van der Waals surface area (Å²) in [5.41, 5.74) is 8.73. The maximum Gasteiger partial charge on any atom is 0.262 e. The van der Waals surface area contributed by atoms with Crippen molar-refractivity contribution in [3.05, 3.63) is 94.4 Å². The Morgan fingerprint density at radius 3 is 2.25 bits per heavy atom.